The van der Waals surface area contributed by atoms with Crippen LogP contribution in [0.5, 0.6) is 0 Å². The molecule has 1 heterocycles. The Hall–Kier alpha value is -2.17. The molecule has 1 aliphatic carbocycles. The molecule has 0 radical (unpaired) electrons. The Labute approximate surface area is 139 Å². The van der Waals surface area contributed by atoms with Crippen molar-refractivity contribution in [3.05, 3.63) is 64.5 Å². The standard InChI is InChI=1S/C19H18N2OS/c20-17-8-5-12-9-14(6-7-15(12)17)21-19(22)10-13-11-23-18-4-2-1-3-16(13)18/h1-4,6-7,9,11,17H,5,8,10,20H2,(H,21,22)/t17-/m0/s1. The molecule has 1 atom stereocenters. The largest absolute Gasteiger partial charge is 0.326 e. The third-order valence-electron chi connectivity index (χ3n) is 4.46. The SMILES string of the molecule is N[C@H]1CCc2cc(NC(=O)Cc3csc4ccccc34)ccc21. The zero-order valence-electron chi connectivity index (χ0n) is 12.7. The molecule has 1 aliphatic rings. The molecule has 0 fully saturated rings. The summed E-state index contributed by atoms with van der Waals surface area (Å²) in [5, 5.41) is 6.26. The molecule has 4 heteroatoms. The molecule has 0 spiro atoms. The van der Waals surface area contributed by atoms with E-state index in [-0.39, 0.29) is 11.9 Å². The van der Waals surface area contributed by atoms with Gasteiger partial charge < -0.3 is 11.1 Å². The Balaban J connectivity index is 1.50. The van der Waals surface area contributed by atoms with Crippen LogP contribution in [0, 0.1) is 0 Å². The highest BCUT2D eigenvalue weighted by molar-refractivity contribution is 7.17. The van der Waals surface area contributed by atoms with Crippen molar-refractivity contribution in [2.45, 2.75) is 25.3 Å². The van der Waals surface area contributed by atoms with Crippen LogP contribution in [0.15, 0.2) is 47.8 Å². The van der Waals surface area contributed by atoms with E-state index in [4.69, 9.17) is 5.73 Å². The lowest BCUT2D eigenvalue weighted by molar-refractivity contribution is -0.115. The Bertz CT molecular complexity index is 884. The van der Waals surface area contributed by atoms with E-state index in [1.807, 2.05) is 24.3 Å². The van der Waals surface area contributed by atoms with Gasteiger partial charge in [0.1, 0.15) is 0 Å². The normalized spacial score (nSPS) is 16.5. The minimum absolute atomic E-state index is 0.0239. The minimum atomic E-state index is 0.0239. The van der Waals surface area contributed by atoms with Crippen molar-refractivity contribution >= 4 is 33.0 Å². The number of hydrogen-bond acceptors (Lipinski definition) is 3. The van der Waals surface area contributed by atoms with E-state index >= 15 is 0 Å². The molecule has 3 aromatic rings. The number of carbonyl (C=O) groups is 1. The average molecular weight is 322 g/mol. The van der Waals surface area contributed by atoms with Gasteiger partial charge in [-0.3, -0.25) is 4.79 Å². The molecule has 4 rings (SSSR count). The van der Waals surface area contributed by atoms with E-state index in [2.05, 4.69) is 28.9 Å². The second-order valence-corrected chi connectivity index (χ2v) is 6.95. The fraction of sp³-hybridized carbons (Fsp3) is 0.211. The third kappa shape index (κ3) is 2.76. The molecule has 116 valence electrons. The first-order valence-electron chi connectivity index (χ1n) is 7.84. The summed E-state index contributed by atoms with van der Waals surface area (Å²) in [6.45, 7) is 0. The lowest BCUT2D eigenvalue weighted by Gasteiger charge is -2.09. The van der Waals surface area contributed by atoms with Crippen LogP contribution in [-0.2, 0) is 17.6 Å². The molecule has 3 N–H and O–H groups in total. The van der Waals surface area contributed by atoms with Crippen molar-refractivity contribution in [1.29, 1.82) is 0 Å². The van der Waals surface area contributed by atoms with Gasteiger partial charge in [0.15, 0.2) is 0 Å². The van der Waals surface area contributed by atoms with E-state index in [0.29, 0.717) is 6.42 Å². The van der Waals surface area contributed by atoms with Gasteiger partial charge in [0.2, 0.25) is 5.91 Å². The predicted octanol–water partition coefficient (Wildman–Crippen LogP) is 4.03. The van der Waals surface area contributed by atoms with E-state index in [0.717, 1.165) is 24.1 Å². The average Bonchev–Trinajstić information content (AvgIpc) is 3.12. The van der Waals surface area contributed by atoms with Gasteiger partial charge in [0.05, 0.1) is 6.42 Å². The second kappa shape index (κ2) is 5.80. The van der Waals surface area contributed by atoms with Gasteiger partial charge in [0, 0.05) is 16.4 Å². The quantitative estimate of drug-likeness (QED) is 0.765. The molecular weight excluding hydrogens is 304 g/mol. The summed E-state index contributed by atoms with van der Waals surface area (Å²) in [6.07, 6.45) is 2.39. The van der Waals surface area contributed by atoms with Gasteiger partial charge in [-0.25, -0.2) is 0 Å². The van der Waals surface area contributed by atoms with Gasteiger partial charge in [-0.15, -0.1) is 11.3 Å². The maximum Gasteiger partial charge on any atom is 0.228 e. The smallest absolute Gasteiger partial charge is 0.228 e. The van der Waals surface area contributed by atoms with Crippen LogP contribution in [0.25, 0.3) is 10.1 Å². The summed E-state index contributed by atoms with van der Waals surface area (Å²) in [5.74, 6) is 0.0239. The highest BCUT2D eigenvalue weighted by Crippen LogP contribution is 2.31. The zero-order chi connectivity index (χ0) is 15.8. The molecule has 0 saturated carbocycles. The van der Waals surface area contributed by atoms with E-state index < -0.39 is 0 Å². The lowest BCUT2D eigenvalue weighted by atomic mass is 10.1. The zero-order valence-corrected chi connectivity index (χ0v) is 13.5. The Morgan fingerprint density at radius 3 is 3.04 bits per heavy atom. The van der Waals surface area contributed by atoms with Crippen molar-refractivity contribution in [2.24, 2.45) is 5.73 Å². The molecule has 1 aromatic heterocycles. The van der Waals surface area contributed by atoms with Crippen molar-refractivity contribution in [2.75, 3.05) is 5.32 Å². The second-order valence-electron chi connectivity index (χ2n) is 6.04. The van der Waals surface area contributed by atoms with E-state index in [1.165, 1.54) is 21.2 Å². The number of amides is 1. The molecule has 0 bridgehead atoms. The summed E-state index contributed by atoms with van der Waals surface area (Å²) in [6, 6.07) is 14.4. The number of thiophene rings is 1. The number of aryl methyl sites for hydroxylation is 1. The molecular formula is C19H18N2OS. The predicted molar refractivity (Wildman–Crippen MR) is 95.9 cm³/mol. The first-order chi connectivity index (χ1) is 11.2. The Morgan fingerprint density at radius 1 is 1.26 bits per heavy atom. The number of hydrogen-bond donors (Lipinski definition) is 2. The van der Waals surface area contributed by atoms with Crippen LogP contribution in [0.1, 0.15) is 29.2 Å². The van der Waals surface area contributed by atoms with Crippen LogP contribution in [0.2, 0.25) is 0 Å². The number of benzene rings is 2. The number of fused-ring (bicyclic) bond motifs is 2. The fourth-order valence-corrected chi connectivity index (χ4v) is 4.24. The molecule has 23 heavy (non-hydrogen) atoms. The first kappa shape index (κ1) is 14.4. The maximum absolute atomic E-state index is 12.4. The lowest BCUT2D eigenvalue weighted by Crippen LogP contribution is -2.14. The molecule has 0 aliphatic heterocycles. The molecule has 1 amide bonds. The summed E-state index contributed by atoms with van der Waals surface area (Å²) < 4.78 is 1.22. The van der Waals surface area contributed by atoms with Crippen molar-refractivity contribution in [3.8, 4) is 0 Å². The van der Waals surface area contributed by atoms with Crippen LogP contribution < -0.4 is 11.1 Å². The van der Waals surface area contributed by atoms with Crippen LogP contribution in [0.4, 0.5) is 5.69 Å². The van der Waals surface area contributed by atoms with Crippen LogP contribution in [0.3, 0.4) is 0 Å². The van der Waals surface area contributed by atoms with Crippen molar-refractivity contribution in [3.63, 3.8) is 0 Å². The number of anilines is 1. The van der Waals surface area contributed by atoms with Crippen molar-refractivity contribution in [1.82, 2.24) is 0 Å². The fourth-order valence-electron chi connectivity index (χ4n) is 3.28. The number of rotatable bonds is 3. The van der Waals surface area contributed by atoms with Gasteiger partial charge in [-0.1, -0.05) is 24.3 Å². The number of nitrogens with two attached hydrogens (primary N) is 1. The van der Waals surface area contributed by atoms with Crippen LogP contribution >= 0.6 is 11.3 Å². The summed E-state index contributed by atoms with van der Waals surface area (Å²) >= 11 is 1.68. The Morgan fingerprint density at radius 2 is 2.13 bits per heavy atom. The van der Waals surface area contributed by atoms with Gasteiger partial charge in [-0.05, 0) is 58.5 Å². The van der Waals surface area contributed by atoms with Crippen LogP contribution in [-0.4, -0.2) is 5.91 Å². The van der Waals surface area contributed by atoms with Gasteiger partial charge in [0.25, 0.3) is 0 Å². The minimum Gasteiger partial charge on any atom is -0.326 e. The number of carbonyl (C=O) groups excluding carboxylic acids is 1. The number of nitrogens with one attached hydrogen (secondary N) is 1. The molecule has 0 saturated heterocycles. The van der Waals surface area contributed by atoms with E-state index in [1.54, 1.807) is 11.3 Å². The molecule has 0 unspecified atom stereocenters. The topological polar surface area (TPSA) is 55.1 Å². The maximum atomic E-state index is 12.4. The van der Waals surface area contributed by atoms with Crippen molar-refractivity contribution < 1.29 is 4.79 Å². The van der Waals surface area contributed by atoms with E-state index in [9.17, 15) is 4.79 Å². The summed E-state index contributed by atoms with van der Waals surface area (Å²) in [5.41, 5.74) is 10.5. The summed E-state index contributed by atoms with van der Waals surface area (Å²) in [7, 11) is 0. The first-order valence-corrected chi connectivity index (χ1v) is 8.72. The van der Waals surface area contributed by atoms with Gasteiger partial charge >= 0.3 is 0 Å². The third-order valence-corrected chi connectivity index (χ3v) is 5.48. The highest BCUT2D eigenvalue weighted by atomic mass is 32.1. The molecule has 2 aromatic carbocycles. The summed E-state index contributed by atoms with van der Waals surface area (Å²) in [4.78, 5) is 12.4. The Kier molecular flexibility index (Phi) is 3.63. The molecule has 3 nitrogen and oxygen atoms in total. The van der Waals surface area contributed by atoms with Gasteiger partial charge in [-0.2, -0.15) is 0 Å². The monoisotopic (exact) mass is 322 g/mol. The highest BCUT2D eigenvalue weighted by Gasteiger charge is 2.19.